The number of amides is 1. The van der Waals surface area contributed by atoms with Gasteiger partial charge < -0.3 is 5.32 Å². The summed E-state index contributed by atoms with van der Waals surface area (Å²) in [5.41, 5.74) is -1.33. The molecule has 1 amide bonds. The lowest BCUT2D eigenvalue weighted by Crippen LogP contribution is -2.48. The fourth-order valence-electron chi connectivity index (χ4n) is 2.73. The van der Waals surface area contributed by atoms with E-state index in [4.69, 9.17) is 0 Å². The molecule has 1 aromatic rings. The lowest BCUT2D eigenvalue weighted by molar-refractivity contribution is 0.0903. The molecule has 1 N–H and O–H groups in total. The number of hydrogen-bond acceptors (Lipinski definition) is 2. The molecule has 5 heteroatoms. The topological polar surface area (TPSA) is 52.9 Å². The van der Waals surface area contributed by atoms with Crippen LogP contribution in [0.5, 0.6) is 0 Å². The van der Waals surface area contributed by atoms with Crippen molar-refractivity contribution >= 4 is 5.91 Å². The number of carbonyl (C=O) groups excluding carboxylic acids is 1. The van der Waals surface area contributed by atoms with Crippen LogP contribution in [0.25, 0.3) is 0 Å². The predicted octanol–water partition coefficient (Wildman–Crippen LogP) is 3.70. The lowest BCUT2D eigenvalue weighted by atomic mass is 9.85. The zero-order valence-electron chi connectivity index (χ0n) is 11.8. The summed E-state index contributed by atoms with van der Waals surface area (Å²) in [5, 5.41) is 12.1. The van der Waals surface area contributed by atoms with E-state index in [-0.39, 0.29) is 5.56 Å². The molecule has 2 rings (SSSR count). The first-order valence-corrected chi connectivity index (χ1v) is 7.25. The van der Waals surface area contributed by atoms with Crippen molar-refractivity contribution in [2.24, 2.45) is 0 Å². The van der Waals surface area contributed by atoms with Crippen LogP contribution in [0.4, 0.5) is 8.78 Å². The molecule has 1 aliphatic carbocycles. The van der Waals surface area contributed by atoms with Crippen molar-refractivity contribution < 1.29 is 13.6 Å². The molecule has 0 atom stereocenters. The van der Waals surface area contributed by atoms with Crippen molar-refractivity contribution in [2.45, 2.75) is 50.5 Å². The van der Waals surface area contributed by atoms with Crippen LogP contribution in [0.2, 0.25) is 0 Å². The Hall–Kier alpha value is -1.96. The van der Waals surface area contributed by atoms with Crippen molar-refractivity contribution in [1.29, 1.82) is 5.26 Å². The molecular weight excluding hydrogens is 274 g/mol. The summed E-state index contributed by atoms with van der Waals surface area (Å²) in [7, 11) is 0. The Kier molecular flexibility index (Phi) is 4.89. The average Bonchev–Trinajstić information content (AvgIpc) is 2.44. The number of benzene rings is 1. The molecule has 0 spiro atoms. The van der Waals surface area contributed by atoms with Crippen molar-refractivity contribution in [2.75, 3.05) is 0 Å². The summed E-state index contributed by atoms with van der Waals surface area (Å²) in [5.74, 6) is -2.19. The number of nitrogens with one attached hydrogen (secondary N) is 1. The highest BCUT2D eigenvalue weighted by molar-refractivity contribution is 5.95. The van der Waals surface area contributed by atoms with Gasteiger partial charge in [0.05, 0.1) is 11.6 Å². The Morgan fingerprint density at radius 1 is 1.14 bits per heavy atom. The Morgan fingerprint density at radius 2 is 1.76 bits per heavy atom. The molecule has 0 aromatic heterocycles. The minimum atomic E-state index is -0.976. The zero-order valence-corrected chi connectivity index (χ0v) is 11.8. The van der Waals surface area contributed by atoms with Crippen molar-refractivity contribution in [3.8, 4) is 6.07 Å². The minimum absolute atomic E-state index is 0.355. The Morgan fingerprint density at radius 3 is 2.38 bits per heavy atom. The number of rotatable bonds is 2. The largest absolute Gasteiger partial charge is 0.334 e. The van der Waals surface area contributed by atoms with E-state index in [1.165, 1.54) is 0 Å². The van der Waals surface area contributed by atoms with E-state index >= 15 is 0 Å². The molecule has 1 aromatic carbocycles. The van der Waals surface area contributed by atoms with Gasteiger partial charge in [-0.05, 0) is 31.0 Å². The van der Waals surface area contributed by atoms with E-state index in [1.54, 1.807) is 0 Å². The fourth-order valence-corrected chi connectivity index (χ4v) is 2.73. The highest BCUT2D eigenvalue weighted by Gasteiger charge is 2.32. The number of nitriles is 1. The maximum absolute atomic E-state index is 13.6. The summed E-state index contributed by atoms with van der Waals surface area (Å²) in [6, 6.07) is 4.91. The Labute approximate surface area is 123 Å². The van der Waals surface area contributed by atoms with Crippen LogP contribution in [0.1, 0.15) is 55.3 Å². The first-order valence-electron chi connectivity index (χ1n) is 7.25. The third-order valence-corrected chi connectivity index (χ3v) is 3.95. The van der Waals surface area contributed by atoms with Gasteiger partial charge in [-0.25, -0.2) is 8.78 Å². The van der Waals surface area contributed by atoms with Crippen LogP contribution in [0.3, 0.4) is 0 Å². The monoisotopic (exact) mass is 292 g/mol. The molecule has 0 radical (unpaired) electrons. The molecule has 0 aliphatic heterocycles. The molecule has 112 valence electrons. The summed E-state index contributed by atoms with van der Waals surface area (Å²) >= 11 is 0. The van der Waals surface area contributed by atoms with Crippen LogP contribution in [0.15, 0.2) is 18.2 Å². The Bertz CT molecular complexity index is 558. The van der Waals surface area contributed by atoms with Gasteiger partial charge in [-0.1, -0.05) is 32.1 Å². The van der Waals surface area contributed by atoms with E-state index in [0.717, 1.165) is 50.3 Å². The summed E-state index contributed by atoms with van der Waals surface area (Å²) in [6.45, 7) is 0. The van der Waals surface area contributed by atoms with Crippen LogP contribution in [-0.2, 0) is 0 Å². The van der Waals surface area contributed by atoms with Gasteiger partial charge in [-0.15, -0.1) is 0 Å². The molecule has 3 nitrogen and oxygen atoms in total. The van der Waals surface area contributed by atoms with Gasteiger partial charge in [0, 0.05) is 0 Å². The second-order valence-electron chi connectivity index (χ2n) is 5.54. The number of nitrogens with zero attached hydrogens (tertiary/aromatic N) is 1. The summed E-state index contributed by atoms with van der Waals surface area (Å²) < 4.78 is 26.8. The van der Waals surface area contributed by atoms with Gasteiger partial charge in [-0.2, -0.15) is 5.26 Å². The highest BCUT2D eigenvalue weighted by Crippen LogP contribution is 2.26. The second-order valence-corrected chi connectivity index (χ2v) is 5.54. The van der Waals surface area contributed by atoms with E-state index < -0.39 is 23.1 Å². The molecular formula is C16H18F2N2O. The fraction of sp³-hybridized carbons (Fsp3) is 0.500. The smallest absolute Gasteiger partial charge is 0.255 e. The van der Waals surface area contributed by atoms with Gasteiger partial charge in [0.25, 0.3) is 5.91 Å². The van der Waals surface area contributed by atoms with Gasteiger partial charge in [-0.3, -0.25) is 4.79 Å². The van der Waals surface area contributed by atoms with Crippen molar-refractivity contribution in [1.82, 2.24) is 5.32 Å². The lowest BCUT2D eigenvalue weighted by Gasteiger charge is -2.29. The maximum atomic E-state index is 13.6. The number of hydrogen-bond donors (Lipinski definition) is 1. The van der Waals surface area contributed by atoms with Crippen LogP contribution < -0.4 is 5.32 Å². The second kappa shape index (κ2) is 6.66. The minimum Gasteiger partial charge on any atom is -0.334 e. The van der Waals surface area contributed by atoms with Crippen molar-refractivity contribution in [3.05, 3.63) is 35.4 Å². The highest BCUT2D eigenvalue weighted by atomic mass is 19.1. The zero-order chi connectivity index (χ0) is 15.3. The van der Waals surface area contributed by atoms with Crippen LogP contribution in [0, 0.1) is 23.0 Å². The third-order valence-electron chi connectivity index (χ3n) is 3.95. The van der Waals surface area contributed by atoms with Gasteiger partial charge in [0.1, 0.15) is 17.2 Å². The number of carbonyl (C=O) groups is 1. The van der Waals surface area contributed by atoms with Crippen LogP contribution >= 0.6 is 0 Å². The van der Waals surface area contributed by atoms with E-state index in [2.05, 4.69) is 11.4 Å². The summed E-state index contributed by atoms with van der Waals surface area (Å²) in [6.07, 6.45) is 5.96. The first kappa shape index (κ1) is 15.4. The van der Waals surface area contributed by atoms with Crippen LogP contribution in [-0.4, -0.2) is 11.4 Å². The molecule has 21 heavy (non-hydrogen) atoms. The standard InChI is InChI=1S/C16H18F2N2O/c17-12-6-7-14(18)13(10-12)15(21)20-16(11-19)8-4-2-1-3-5-9-16/h6-7,10H,1-5,8-9H2,(H,20,21). The molecule has 0 saturated heterocycles. The molecule has 0 unspecified atom stereocenters. The molecule has 1 saturated carbocycles. The summed E-state index contributed by atoms with van der Waals surface area (Å²) in [4.78, 5) is 12.2. The predicted molar refractivity (Wildman–Crippen MR) is 74.5 cm³/mol. The van der Waals surface area contributed by atoms with Crippen molar-refractivity contribution in [3.63, 3.8) is 0 Å². The molecule has 0 heterocycles. The number of halogens is 2. The maximum Gasteiger partial charge on any atom is 0.255 e. The van der Waals surface area contributed by atoms with Gasteiger partial charge in [0.15, 0.2) is 0 Å². The van der Waals surface area contributed by atoms with E-state index in [9.17, 15) is 18.8 Å². The molecule has 1 fully saturated rings. The average molecular weight is 292 g/mol. The van der Waals surface area contributed by atoms with E-state index in [1.807, 2.05) is 0 Å². The van der Waals surface area contributed by atoms with Gasteiger partial charge >= 0.3 is 0 Å². The molecule has 0 bridgehead atoms. The third kappa shape index (κ3) is 3.78. The quantitative estimate of drug-likeness (QED) is 0.903. The first-order chi connectivity index (χ1) is 10.1. The molecule has 1 aliphatic rings. The van der Waals surface area contributed by atoms with Gasteiger partial charge in [0.2, 0.25) is 0 Å². The van der Waals surface area contributed by atoms with E-state index in [0.29, 0.717) is 12.8 Å². The SMILES string of the molecule is N#CC1(NC(=O)c2cc(F)ccc2F)CCCCCCC1. The Balaban J connectivity index is 2.18. The normalized spacial score (nSPS) is 18.1.